The molecule has 0 atom stereocenters. The maximum Gasteiger partial charge on any atom is 0.338 e. The minimum atomic E-state index is -0.976. The zero-order valence-corrected chi connectivity index (χ0v) is 13.8. The Labute approximate surface area is 135 Å². The maximum absolute atomic E-state index is 11.4. The zero-order chi connectivity index (χ0) is 15.6. The molecule has 1 N–H and O–H groups in total. The Balaban J connectivity index is 2.50. The van der Waals surface area contributed by atoms with Crippen LogP contribution >= 0.6 is 24.4 Å². The second-order valence-corrected chi connectivity index (χ2v) is 7.31. The molecule has 2 rings (SSSR count). The van der Waals surface area contributed by atoms with Crippen LogP contribution in [0.3, 0.4) is 0 Å². The standard InChI is InChI=1S/C17H17O2S2/c1-17(2,3)11-7-4-5-9-13(11)21-14-10-6-8-12(20)15(14)16(18)19/h4-10H,1-3H3,(H,18,19). The summed E-state index contributed by atoms with van der Waals surface area (Å²) in [5, 5.41) is 9.37. The fraction of sp³-hybridized carbons (Fsp3) is 0.235. The van der Waals surface area contributed by atoms with Gasteiger partial charge in [0.05, 0.1) is 10.5 Å². The van der Waals surface area contributed by atoms with Crippen molar-refractivity contribution in [3.8, 4) is 0 Å². The van der Waals surface area contributed by atoms with Crippen molar-refractivity contribution in [2.75, 3.05) is 0 Å². The van der Waals surface area contributed by atoms with Crippen LogP contribution in [0.25, 0.3) is 0 Å². The van der Waals surface area contributed by atoms with Gasteiger partial charge in [-0.15, -0.1) is 0 Å². The van der Waals surface area contributed by atoms with Gasteiger partial charge in [0.2, 0.25) is 0 Å². The third-order valence-corrected chi connectivity index (χ3v) is 4.59. The van der Waals surface area contributed by atoms with E-state index < -0.39 is 5.97 Å². The van der Waals surface area contributed by atoms with Crippen molar-refractivity contribution in [1.29, 1.82) is 0 Å². The zero-order valence-electron chi connectivity index (χ0n) is 12.2. The van der Waals surface area contributed by atoms with Gasteiger partial charge in [-0.1, -0.05) is 69.4 Å². The number of hydrogen-bond acceptors (Lipinski definition) is 2. The van der Waals surface area contributed by atoms with Crippen LogP contribution in [0.1, 0.15) is 36.7 Å². The SMILES string of the molecule is CC(C)(C)c1ccccc1Sc1cccc([S])c1C(=O)O. The lowest BCUT2D eigenvalue weighted by atomic mass is 9.87. The first-order valence-electron chi connectivity index (χ1n) is 6.61. The Morgan fingerprint density at radius 3 is 2.29 bits per heavy atom. The van der Waals surface area contributed by atoms with Crippen LogP contribution in [-0.4, -0.2) is 11.1 Å². The number of aromatic carboxylic acids is 1. The molecule has 0 aliphatic heterocycles. The van der Waals surface area contributed by atoms with Crippen molar-refractivity contribution in [2.45, 2.75) is 40.9 Å². The molecule has 0 fully saturated rings. The van der Waals surface area contributed by atoms with E-state index in [0.717, 1.165) is 4.90 Å². The molecule has 1 radical (unpaired) electrons. The summed E-state index contributed by atoms with van der Waals surface area (Å²) < 4.78 is 0. The van der Waals surface area contributed by atoms with Crippen LogP contribution in [0.5, 0.6) is 0 Å². The van der Waals surface area contributed by atoms with Gasteiger partial charge in [-0.2, -0.15) is 0 Å². The predicted octanol–water partition coefficient (Wildman–Crippen LogP) is 5.39. The lowest BCUT2D eigenvalue weighted by Crippen LogP contribution is -2.12. The van der Waals surface area contributed by atoms with Gasteiger partial charge in [-0.25, -0.2) is 4.79 Å². The number of carboxylic acids is 1. The van der Waals surface area contributed by atoms with E-state index in [-0.39, 0.29) is 11.0 Å². The largest absolute Gasteiger partial charge is 0.478 e. The highest BCUT2D eigenvalue weighted by molar-refractivity contribution is 7.99. The monoisotopic (exact) mass is 317 g/mol. The van der Waals surface area contributed by atoms with Crippen LogP contribution in [0.15, 0.2) is 57.2 Å². The lowest BCUT2D eigenvalue weighted by Gasteiger charge is -2.22. The Bertz CT molecular complexity index is 673. The molecule has 0 amide bonds. The van der Waals surface area contributed by atoms with E-state index in [1.54, 1.807) is 12.1 Å². The third kappa shape index (κ3) is 3.57. The summed E-state index contributed by atoms with van der Waals surface area (Å²) >= 11 is 6.61. The van der Waals surface area contributed by atoms with E-state index in [9.17, 15) is 9.90 Å². The second kappa shape index (κ2) is 6.08. The maximum atomic E-state index is 11.4. The van der Waals surface area contributed by atoms with Gasteiger partial charge >= 0.3 is 5.97 Å². The van der Waals surface area contributed by atoms with E-state index in [1.165, 1.54) is 17.3 Å². The van der Waals surface area contributed by atoms with Gasteiger partial charge in [0, 0.05) is 9.79 Å². The van der Waals surface area contributed by atoms with Crippen LogP contribution in [0.4, 0.5) is 0 Å². The van der Waals surface area contributed by atoms with Crippen LogP contribution < -0.4 is 0 Å². The number of carboxylic acid groups (broad SMARTS) is 1. The van der Waals surface area contributed by atoms with Gasteiger partial charge in [-0.05, 0) is 29.2 Å². The van der Waals surface area contributed by atoms with Crippen molar-refractivity contribution in [1.82, 2.24) is 0 Å². The Morgan fingerprint density at radius 2 is 1.67 bits per heavy atom. The molecule has 0 bridgehead atoms. The summed E-state index contributed by atoms with van der Waals surface area (Å²) in [5.41, 5.74) is 1.40. The summed E-state index contributed by atoms with van der Waals surface area (Å²) in [7, 11) is 0. The first-order chi connectivity index (χ1) is 9.80. The highest BCUT2D eigenvalue weighted by Gasteiger charge is 2.20. The van der Waals surface area contributed by atoms with E-state index >= 15 is 0 Å². The smallest absolute Gasteiger partial charge is 0.338 e. The number of hydrogen-bond donors (Lipinski definition) is 1. The highest BCUT2D eigenvalue weighted by atomic mass is 32.2. The number of rotatable bonds is 3. The van der Waals surface area contributed by atoms with Crippen molar-refractivity contribution in [2.24, 2.45) is 0 Å². The van der Waals surface area contributed by atoms with Gasteiger partial charge < -0.3 is 5.11 Å². The molecule has 4 heteroatoms. The third-order valence-electron chi connectivity index (χ3n) is 3.12. The molecule has 0 aliphatic carbocycles. The summed E-state index contributed by atoms with van der Waals surface area (Å²) in [4.78, 5) is 13.6. The quantitative estimate of drug-likeness (QED) is 0.824. The minimum absolute atomic E-state index is 0.00143. The molecule has 21 heavy (non-hydrogen) atoms. The van der Waals surface area contributed by atoms with Crippen molar-refractivity contribution in [3.05, 3.63) is 53.6 Å². The molecule has 109 valence electrons. The molecule has 0 aliphatic rings. The van der Waals surface area contributed by atoms with Crippen molar-refractivity contribution < 1.29 is 9.90 Å². The van der Waals surface area contributed by atoms with Gasteiger partial charge in [0.25, 0.3) is 0 Å². The Morgan fingerprint density at radius 1 is 1.05 bits per heavy atom. The molecule has 2 aromatic rings. The first kappa shape index (κ1) is 15.9. The molecule has 0 saturated carbocycles. The van der Waals surface area contributed by atoms with Gasteiger partial charge in [-0.3, -0.25) is 0 Å². The van der Waals surface area contributed by atoms with Crippen LogP contribution in [0.2, 0.25) is 0 Å². The van der Waals surface area contributed by atoms with E-state index in [0.29, 0.717) is 9.79 Å². The van der Waals surface area contributed by atoms with Crippen molar-refractivity contribution >= 4 is 30.4 Å². The van der Waals surface area contributed by atoms with E-state index in [1.807, 2.05) is 24.3 Å². The van der Waals surface area contributed by atoms with E-state index in [4.69, 9.17) is 12.6 Å². The molecular weight excluding hydrogens is 300 g/mol. The normalized spacial score (nSPS) is 11.4. The summed E-state index contributed by atoms with van der Waals surface area (Å²) in [6, 6.07) is 13.3. The van der Waals surface area contributed by atoms with Crippen LogP contribution in [0, 0.1) is 0 Å². The molecule has 2 nitrogen and oxygen atoms in total. The van der Waals surface area contributed by atoms with Crippen LogP contribution in [-0.2, 0) is 5.41 Å². The number of benzene rings is 2. The first-order valence-corrected chi connectivity index (χ1v) is 7.84. The molecule has 0 saturated heterocycles. The highest BCUT2D eigenvalue weighted by Crippen LogP contribution is 2.38. The average molecular weight is 317 g/mol. The fourth-order valence-electron chi connectivity index (χ4n) is 2.10. The minimum Gasteiger partial charge on any atom is -0.478 e. The van der Waals surface area contributed by atoms with Crippen molar-refractivity contribution in [3.63, 3.8) is 0 Å². The van der Waals surface area contributed by atoms with Gasteiger partial charge in [0.1, 0.15) is 0 Å². The average Bonchev–Trinajstić information content (AvgIpc) is 2.37. The Hall–Kier alpha value is -1.52. The predicted molar refractivity (Wildman–Crippen MR) is 88.5 cm³/mol. The summed E-state index contributed by atoms with van der Waals surface area (Å²) in [6.45, 7) is 6.44. The van der Waals surface area contributed by atoms with Gasteiger partial charge in [0.15, 0.2) is 0 Å². The molecular formula is C17H17O2S2. The Kier molecular flexibility index (Phi) is 4.59. The van der Waals surface area contributed by atoms with E-state index in [2.05, 4.69) is 26.8 Å². The molecule has 2 aromatic carbocycles. The topological polar surface area (TPSA) is 37.3 Å². The lowest BCUT2D eigenvalue weighted by molar-refractivity contribution is 0.0689. The number of carbonyl (C=O) groups is 1. The molecule has 0 aromatic heterocycles. The molecule has 0 unspecified atom stereocenters. The fourth-order valence-corrected chi connectivity index (χ4v) is 3.75. The molecule has 0 heterocycles. The summed E-state index contributed by atoms with van der Waals surface area (Å²) in [6.07, 6.45) is 0. The second-order valence-electron chi connectivity index (χ2n) is 5.78. The summed E-state index contributed by atoms with van der Waals surface area (Å²) in [5.74, 6) is -0.976. The molecule has 0 spiro atoms.